The first-order chi connectivity index (χ1) is 6.66. The van der Waals surface area contributed by atoms with Crippen LogP contribution in [0.5, 0.6) is 5.75 Å². The van der Waals surface area contributed by atoms with E-state index >= 15 is 0 Å². The third kappa shape index (κ3) is 1.73. The number of thiazole rings is 1. The van der Waals surface area contributed by atoms with Crippen molar-refractivity contribution in [3.63, 3.8) is 0 Å². The van der Waals surface area contributed by atoms with Crippen LogP contribution < -0.4 is 5.73 Å². The summed E-state index contributed by atoms with van der Waals surface area (Å²) < 4.78 is 0.914. The molecular weight excluding hydrogens is 264 g/mol. The molecule has 5 heteroatoms. The van der Waals surface area contributed by atoms with Crippen molar-refractivity contribution in [2.45, 2.75) is 0 Å². The van der Waals surface area contributed by atoms with E-state index in [1.54, 1.807) is 18.3 Å². The topological polar surface area (TPSA) is 59.1 Å². The summed E-state index contributed by atoms with van der Waals surface area (Å²) in [7, 11) is 0. The Balaban J connectivity index is 2.55. The molecule has 0 saturated heterocycles. The zero-order valence-electron chi connectivity index (χ0n) is 7.07. The normalized spacial score (nSPS) is 10.4. The number of phenols is 1. The molecule has 1 aromatic heterocycles. The summed E-state index contributed by atoms with van der Waals surface area (Å²) in [5.74, 6) is 0.233. The number of aromatic nitrogens is 1. The fraction of sp³-hybridized carbons (Fsp3) is 0. The van der Waals surface area contributed by atoms with Crippen LogP contribution in [0.15, 0.2) is 28.9 Å². The lowest BCUT2D eigenvalue weighted by Gasteiger charge is -2.01. The number of hydrogen-bond donors (Lipinski definition) is 2. The first kappa shape index (κ1) is 9.48. The van der Waals surface area contributed by atoms with Gasteiger partial charge in [0.05, 0.1) is 4.88 Å². The van der Waals surface area contributed by atoms with Gasteiger partial charge in [0.15, 0.2) is 5.13 Å². The summed E-state index contributed by atoms with van der Waals surface area (Å²) >= 11 is 4.69. The summed E-state index contributed by atoms with van der Waals surface area (Å²) in [6, 6.07) is 5.25. The Morgan fingerprint density at radius 1 is 1.43 bits per heavy atom. The van der Waals surface area contributed by atoms with Crippen LogP contribution in [0, 0.1) is 0 Å². The van der Waals surface area contributed by atoms with Gasteiger partial charge in [-0.25, -0.2) is 4.98 Å². The first-order valence-corrected chi connectivity index (χ1v) is 5.48. The van der Waals surface area contributed by atoms with Crippen LogP contribution in [0.1, 0.15) is 0 Å². The van der Waals surface area contributed by atoms with Crippen molar-refractivity contribution in [2.75, 3.05) is 5.73 Å². The van der Waals surface area contributed by atoms with E-state index in [0.29, 0.717) is 5.13 Å². The van der Waals surface area contributed by atoms with E-state index in [1.807, 2.05) is 6.07 Å². The average Bonchev–Trinajstić information content (AvgIpc) is 2.56. The molecule has 0 fully saturated rings. The molecule has 14 heavy (non-hydrogen) atoms. The van der Waals surface area contributed by atoms with Gasteiger partial charge in [-0.05, 0) is 18.2 Å². The van der Waals surface area contributed by atoms with Crippen LogP contribution >= 0.6 is 27.3 Å². The van der Waals surface area contributed by atoms with E-state index in [1.165, 1.54) is 11.3 Å². The van der Waals surface area contributed by atoms with Crippen molar-refractivity contribution in [3.05, 3.63) is 28.9 Å². The number of aromatic hydroxyl groups is 1. The average molecular weight is 271 g/mol. The second-order valence-electron chi connectivity index (χ2n) is 2.72. The molecule has 1 heterocycles. The Hall–Kier alpha value is -1.07. The van der Waals surface area contributed by atoms with Crippen molar-refractivity contribution in [1.82, 2.24) is 4.98 Å². The molecule has 0 aliphatic rings. The highest BCUT2D eigenvalue weighted by Crippen LogP contribution is 2.35. The maximum Gasteiger partial charge on any atom is 0.180 e. The molecule has 0 aliphatic carbocycles. The third-order valence-electron chi connectivity index (χ3n) is 1.75. The van der Waals surface area contributed by atoms with E-state index in [2.05, 4.69) is 20.9 Å². The molecule has 3 N–H and O–H groups in total. The predicted molar refractivity (Wildman–Crippen MR) is 61.3 cm³/mol. The van der Waals surface area contributed by atoms with Gasteiger partial charge in [0.25, 0.3) is 0 Å². The molecule has 0 amide bonds. The molecule has 0 spiro atoms. The predicted octanol–water partition coefficient (Wildman–Crippen LogP) is 2.86. The molecule has 0 bridgehead atoms. The van der Waals surface area contributed by atoms with Gasteiger partial charge in [0.2, 0.25) is 0 Å². The summed E-state index contributed by atoms with van der Waals surface area (Å²) in [5, 5.41) is 10.1. The lowest BCUT2D eigenvalue weighted by molar-refractivity contribution is 0.477. The number of nitrogens with two attached hydrogens (primary N) is 1. The molecule has 0 saturated carbocycles. The SMILES string of the molecule is Nc1ncc(-c2cc(Br)ccc2O)s1. The molecule has 0 radical (unpaired) electrons. The van der Waals surface area contributed by atoms with Crippen LogP contribution in [0.2, 0.25) is 0 Å². The van der Waals surface area contributed by atoms with Crippen LogP contribution in [0.4, 0.5) is 5.13 Å². The number of nitrogens with zero attached hydrogens (tertiary/aromatic N) is 1. The highest BCUT2D eigenvalue weighted by atomic mass is 79.9. The lowest BCUT2D eigenvalue weighted by atomic mass is 10.2. The van der Waals surface area contributed by atoms with Gasteiger partial charge in [0.1, 0.15) is 5.75 Å². The second-order valence-corrected chi connectivity index (χ2v) is 4.70. The van der Waals surface area contributed by atoms with E-state index in [-0.39, 0.29) is 5.75 Å². The molecule has 0 atom stereocenters. The third-order valence-corrected chi connectivity index (χ3v) is 3.10. The minimum atomic E-state index is 0.233. The van der Waals surface area contributed by atoms with Crippen molar-refractivity contribution in [1.29, 1.82) is 0 Å². The maximum atomic E-state index is 9.61. The number of phenolic OH excluding ortho intramolecular Hbond substituents is 1. The summed E-state index contributed by atoms with van der Waals surface area (Å²) in [6.07, 6.45) is 1.65. The highest BCUT2D eigenvalue weighted by molar-refractivity contribution is 9.10. The van der Waals surface area contributed by atoms with E-state index < -0.39 is 0 Å². The van der Waals surface area contributed by atoms with Gasteiger partial charge in [-0.15, -0.1) is 0 Å². The fourth-order valence-electron chi connectivity index (χ4n) is 1.12. The molecular formula is C9H7BrN2OS. The fourth-order valence-corrected chi connectivity index (χ4v) is 2.19. The number of halogens is 1. The standard InChI is InChI=1S/C9H7BrN2OS/c10-5-1-2-7(13)6(3-5)8-4-12-9(11)14-8/h1-4,13H,(H2,11,12). The second kappa shape index (κ2) is 3.59. The molecule has 2 rings (SSSR count). The molecule has 0 aliphatic heterocycles. The Kier molecular flexibility index (Phi) is 2.43. The van der Waals surface area contributed by atoms with Gasteiger partial charge in [-0.1, -0.05) is 27.3 Å². The van der Waals surface area contributed by atoms with Crippen LogP contribution in [-0.2, 0) is 0 Å². The quantitative estimate of drug-likeness (QED) is 0.838. The van der Waals surface area contributed by atoms with Crippen molar-refractivity contribution < 1.29 is 5.11 Å². The van der Waals surface area contributed by atoms with Gasteiger partial charge >= 0.3 is 0 Å². The summed E-state index contributed by atoms with van der Waals surface area (Å²) in [6.45, 7) is 0. The van der Waals surface area contributed by atoms with E-state index in [9.17, 15) is 5.11 Å². The van der Waals surface area contributed by atoms with Crippen LogP contribution in [-0.4, -0.2) is 10.1 Å². The number of benzene rings is 1. The van der Waals surface area contributed by atoms with Crippen molar-refractivity contribution >= 4 is 32.4 Å². The zero-order valence-corrected chi connectivity index (χ0v) is 9.47. The van der Waals surface area contributed by atoms with E-state index in [4.69, 9.17) is 5.73 Å². The summed E-state index contributed by atoms with van der Waals surface area (Å²) in [5.41, 5.74) is 6.26. The van der Waals surface area contributed by atoms with Gasteiger partial charge < -0.3 is 10.8 Å². The molecule has 0 unspecified atom stereocenters. The van der Waals surface area contributed by atoms with Crippen molar-refractivity contribution in [2.24, 2.45) is 0 Å². The largest absolute Gasteiger partial charge is 0.507 e. The zero-order chi connectivity index (χ0) is 10.1. The monoisotopic (exact) mass is 270 g/mol. The smallest absolute Gasteiger partial charge is 0.180 e. The summed E-state index contributed by atoms with van der Waals surface area (Å²) in [4.78, 5) is 4.80. The van der Waals surface area contributed by atoms with Gasteiger partial charge in [0, 0.05) is 16.2 Å². The number of anilines is 1. The Labute approximate surface area is 93.4 Å². The lowest BCUT2D eigenvalue weighted by Crippen LogP contribution is -1.77. The van der Waals surface area contributed by atoms with Crippen LogP contribution in [0.25, 0.3) is 10.4 Å². The highest BCUT2D eigenvalue weighted by Gasteiger charge is 2.07. The van der Waals surface area contributed by atoms with Crippen LogP contribution in [0.3, 0.4) is 0 Å². The molecule has 2 aromatic rings. The molecule has 3 nitrogen and oxygen atoms in total. The minimum absolute atomic E-state index is 0.233. The number of rotatable bonds is 1. The van der Waals surface area contributed by atoms with Gasteiger partial charge in [-0.3, -0.25) is 0 Å². The first-order valence-electron chi connectivity index (χ1n) is 3.87. The minimum Gasteiger partial charge on any atom is -0.507 e. The maximum absolute atomic E-state index is 9.61. The number of hydrogen-bond acceptors (Lipinski definition) is 4. The molecule has 1 aromatic carbocycles. The number of nitrogen functional groups attached to an aromatic ring is 1. The molecule has 72 valence electrons. The van der Waals surface area contributed by atoms with Crippen molar-refractivity contribution in [3.8, 4) is 16.2 Å². The van der Waals surface area contributed by atoms with E-state index in [0.717, 1.165) is 14.9 Å². The Bertz CT molecular complexity index is 470. The Morgan fingerprint density at radius 3 is 2.86 bits per heavy atom. The van der Waals surface area contributed by atoms with Gasteiger partial charge in [-0.2, -0.15) is 0 Å². The Morgan fingerprint density at radius 2 is 2.21 bits per heavy atom.